The summed E-state index contributed by atoms with van der Waals surface area (Å²) >= 11 is 6.58. The molecule has 0 aliphatic heterocycles. The second kappa shape index (κ2) is 9.32. The molecule has 1 saturated carbocycles. The topological polar surface area (TPSA) is 38.3 Å². The second-order valence-electron chi connectivity index (χ2n) is 8.57. The van der Waals surface area contributed by atoms with E-state index in [-0.39, 0.29) is 12.0 Å². The first-order valence-electron chi connectivity index (χ1n) is 11.3. The monoisotopic (exact) mass is 435 g/mol. The first kappa shape index (κ1) is 21.7. The fourth-order valence-corrected chi connectivity index (χ4v) is 4.97. The highest BCUT2D eigenvalue weighted by atomic mass is 35.5. The molecule has 0 aromatic heterocycles. The third-order valence-electron chi connectivity index (χ3n) is 6.57. The van der Waals surface area contributed by atoms with E-state index in [1.807, 2.05) is 60.7 Å². The van der Waals surface area contributed by atoms with Gasteiger partial charge < -0.3 is 10.1 Å². The Bertz CT molecular complexity index is 1070. The number of carbonyl (C=O) groups is 1. The van der Waals surface area contributed by atoms with Gasteiger partial charge in [0.1, 0.15) is 5.75 Å². The van der Waals surface area contributed by atoms with Gasteiger partial charge in [-0.2, -0.15) is 0 Å². The number of rotatable bonds is 6. The fraction of sp³-hybridized carbons (Fsp3) is 0.370. The van der Waals surface area contributed by atoms with Crippen LogP contribution < -0.4 is 10.1 Å². The van der Waals surface area contributed by atoms with E-state index in [0.717, 1.165) is 66.3 Å². The third-order valence-corrected chi connectivity index (χ3v) is 6.90. The average molecular weight is 436 g/mol. The van der Waals surface area contributed by atoms with E-state index in [1.54, 1.807) is 0 Å². The van der Waals surface area contributed by atoms with Crippen molar-refractivity contribution in [3.05, 3.63) is 71.2 Å². The molecule has 4 rings (SSSR count). The maximum Gasteiger partial charge on any atom is 0.235 e. The van der Waals surface area contributed by atoms with Crippen molar-refractivity contribution in [2.45, 2.75) is 63.9 Å². The van der Waals surface area contributed by atoms with Gasteiger partial charge in [-0.25, -0.2) is 0 Å². The Balaban J connectivity index is 1.72. The van der Waals surface area contributed by atoms with E-state index in [9.17, 15) is 4.79 Å². The molecule has 0 bridgehead atoms. The van der Waals surface area contributed by atoms with Crippen LogP contribution in [0.5, 0.6) is 5.75 Å². The summed E-state index contributed by atoms with van der Waals surface area (Å²) in [4.78, 5) is 13.8. The van der Waals surface area contributed by atoms with Crippen LogP contribution in [-0.4, -0.2) is 12.0 Å². The van der Waals surface area contributed by atoms with E-state index in [0.29, 0.717) is 5.02 Å². The van der Waals surface area contributed by atoms with Crippen molar-refractivity contribution >= 4 is 34.0 Å². The summed E-state index contributed by atoms with van der Waals surface area (Å²) in [5.41, 5.74) is 1.16. The van der Waals surface area contributed by atoms with Crippen molar-refractivity contribution in [3.8, 4) is 5.75 Å². The summed E-state index contributed by atoms with van der Waals surface area (Å²) in [5, 5.41) is 5.93. The van der Waals surface area contributed by atoms with Gasteiger partial charge in [-0.1, -0.05) is 80.3 Å². The zero-order chi connectivity index (χ0) is 21.8. The van der Waals surface area contributed by atoms with Crippen molar-refractivity contribution in [2.75, 3.05) is 5.32 Å². The molecule has 3 nitrogen and oxygen atoms in total. The molecule has 1 fully saturated rings. The Kier molecular flexibility index (Phi) is 6.52. The molecule has 31 heavy (non-hydrogen) atoms. The maximum absolute atomic E-state index is 13.8. The van der Waals surface area contributed by atoms with Crippen LogP contribution in [0.15, 0.2) is 60.7 Å². The van der Waals surface area contributed by atoms with Crippen LogP contribution in [0.3, 0.4) is 0 Å². The Hall–Kier alpha value is -2.52. The number of amides is 1. The first-order chi connectivity index (χ1) is 15.0. The fourth-order valence-electron chi connectivity index (χ4n) is 4.65. The number of ether oxygens (including phenoxy) is 1. The molecule has 3 aromatic carbocycles. The van der Waals surface area contributed by atoms with Crippen molar-refractivity contribution < 1.29 is 9.53 Å². The summed E-state index contributed by atoms with van der Waals surface area (Å²) in [6.45, 7) is 4.18. The number of fused-ring (bicyclic) bond motifs is 1. The van der Waals surface area contributed by atoms with Crippen LogP contribution in [0.25, 0.3) is 10.8 Å². The van der Waals surface area contributed by atoms with Crippen LogP contribution in [0.4, 0.5) is 5.69 Å². The van der Waals surface area contributed by atoms with Crippen LogP contribution in [0.1, 0.15) is 57.9 Å². The molecule has 0 heterocycles. The Morgan fingerprint density at radius 2 is 1.68 bits per heavy atom. The molecule has 1 aliphatic carbocycles. The lowest BCUT2D eigenvalue weighted by molar-refractivity contribution is -0.122. The number of nitrogens with one attached hydrogen (secondary N) is 1. The number of halogens is 1. The normalized spacial score (nSPS) is 16.6. The SMILES string of the molecule is CCC(C)Oc1ccc(NC(=O)C2(c3ccccc3Cl)CCCCC2)c2ccccc12. The van der Waals surface area contributed by atoms with Gasteiger partial charge in [0.15, 0.2) is 0 Å². The van der Waals surface area contributed by atoms with Gasteiger partial charge >= 0.3 is 0 Å². The standard InChI is InChI=1S/C27H30ClNO2/c1-3-19(2)31-25-16-15-24(20-11-5-6-12-21(20)25)29-26(30)27(17-9-4-10-18-27)22-13-7-8-14-23(22)28/h5-8,11-16,19H,3-4,9-10,17-18H2,1-2H3,(H,29,30). The van der Waals surface area contributed by atoms with Crippen molar-refractivity contribution in [1.29, 1.82) is 0 Å². The van der Waals surface area contributed by atoms with Crippen LogP contribution in [-0.2, 0) is 10.2 Å². The highest BCUT2D eigenvalue weighted by Crippen LogP contribution is 2.44. The molecule has 1 amide bonds. The lowest BCUT2D eigenvalue weighted by Crippen LogP contribution is -2.42. The predicted molar refractivity (Wildman–Crippen MR) is 129 cm³/mol. The van der Waals surface area contributed by atoms with Crippen LogP contribution in [0, 0.1) is 0 Å². The first-order valence-corrected chi connectivity index (χ1v) is 11.7. The van der Waals surface area contributed by atoms with Gasteiger partial charge in [0.05, 0.1) is 11.5 Å². The van der Waals surface area contributed by atoms with Gasteiger partial charge in [0, 0.05) is 21.5 Å². The minimum Gasteiger partial charge on any atom is -0.490 e. The molecule has 3 aromatic rings. The molecule has 4 heteroatoms. The van der Waals surface area contributed by atoms with E-state index in [2.05, 4.69) is 19.2 Å². The molecular weight excluding hydrogens is 406 g/mol. The van der Waals surface area contributed by atoms with Crippen LogP contribution >= 0.6 is 11.6 Å². The number of hydrogen-bond donors (Lipinski definition) is 1. The molecule has 0 saturated heterocycles. The van der Waals surface area contributed by atoms with Gasteiger partial charge in [0.25, 0.3) is 0 Å². The Morgan fingerprint density at radius 3 is 2.39 bits per heavy atom. The highest BCUT2D eigenvalue weighted by Gasteiger charge is 2.42. The highest BCUT2D eigenvalue weighted by molar-refractivity contribution is 6.32. The molecule has 0 spiro atoms. The quantitative estimate of drug-likeness (QED) is 0.435. The van der Waals surface area contributed by atoms with Gasteiger partial charge in [-0.15, -0.1) is 0 Å². The summed E-state index contributed by atoms with van der Waals surface area (Å²) in [6, 6.07) is 19.8. The number of anilines is 1. The molecule has 1 aliphatic rings. The minimum absolute atomic E-state index is 0.0287. The van der Waals surface area contributed by atoms with Crippen LogP contribution in [0.2, 0.25) is 5.02 Å². The molecule has 162 valence electrons. The Morgan fingerprint density at radius 1 is 1.00 bits per heavy atom. The minimum atomic E-state index is -0.594. The van der Waals surface area contributed by atoms with Crippen molar-refractivity contribution in [3.63, 3.8) is 0 Å². The van der Waals surface area contributed by atoms with Crippen molar-refractivity contribution in [2.24, 2.45) is 0 Å². The van der Waals surface area contributed by atoms with Gasteiger partial charge in [-0.3, -0.25) is 4.79 Å². The van der Waals surface area contributed by atoms with Crippen molar-refractivity contribution in [1.82, 2.24) is 0 Å². The number of benzene rings is 3. The zero-order valence-corrected chi connectivity index (χ0v) is 19.0. The molecule has 0 radical (unpaired) electrons. The van der Waals surface area contributed by atoms with Gasteiger partial charge in [-0.05, 0) is 49.9 Å². The average Bonchev–Trinajstić information content (AvgIpc) is 2.81. The zero-order valence-electron chi connectivity index (χ0n) is 18.3. The Labute approximate surface area is 189 Å². The largest absolute Gasteiger partial charge is 0.490 e. The predicted octanol–water partition coefficient (Wildman–Crippen LogP) is 7.51. The van der Waals surface area contributed by atoms with Gasteiger partial charge in [0.2, 0.25) is 5.91 Å². The summed E-state index contributed by atoms with van der Waals surface area (Å²) in [6.07, 6.45) is 5.92. The lowest BCUT2D eigenvalue weighted by Gasteiger charge is -2.37. The van der Waals surface area contributed by atoms with E-state index in [1.165, 1.54) is 0 Å². The van der Waals surface area contributed by atoms with E-state index in [4.69, 9.17) is 16.3 Å². The molecular formula is C27H30ClNO2. The maximum atomic E-state index is 13.8. The second-order valence-corrected chi connectivity index (χ2v) is 8.98. The summed E-state index contributed by atoms with van der Waals surface area (Å²) in [5.74, 6) is 0.877. The molecule has 1 N–H and O–H groups in total. The lowest BCUT2D eigenvalue weighted by atomic mass is 9.68. The number of carbonyl (C=O) groups excluding carboxylic acids is 1. The summed E-state index contributed by atoms with van der Waals surface area (Å²) < 4.78 is 6.13. The molecule has 1 atom stereocenters. The summed E-state index contributed by atoms with van der Waals surface area (Å²) in [7, 11) is 0. The molecule has 1 unspecified atom stereocenters. The third kappa shape index (κ3) is 4.29. The van der Waals surface area contributed by atoms with E-state index >= 15 is 0 Å². The smallest absolute Gasteiger partial charge is 0.235 e. The van der Waals surface area contributed by atoms with E-state index < -0.39 is 5.41 Å². The number of hydrogen-bond acceptors (Lipinski definition) is 2.